The molecule has 0 saturated carbocycles. The normalized spacial score (nSPS) is 13.0. The van der Waals surface area contributed by atoms with Crippen molar-refractivity contribution >= 4 is 39.4 Å². The van der Waals surface area contributed by atoms with Crippen LogP contribution in [-0.4, -0.2) is 79.3 Å². The minimum Gasteiger partial charge on any atom is -0.493 e. The highest BCUT2D eigenvalue weighted by Gasteiger charge is 2.25. The first-order valence-corrected chi connectivity index (χ1v) is 14.1. The molecular weight excluding hydrogens is 588 g/mol. The minimum atomic E-state index is -4.03. The van der Waals surface area contributed by atoms with Crippen LogP contribution < -0.4 is 23.7 Å². The van der Waals surface area contributed by atoms with E-state index in [1.807, 2.05) is 4.72 Å². The fraction of sp³-hybridized carbons (Fsp3) is 0.321. The van der Waals surface area contributed by atoms with Gasteiger partial charge < -0.3 is 28.4 Å². The first-order valence-electron chi connectivity index (χ1n) is 12.6. The van der Waals surface area contributed by atoms with Crippen molar-refractivity contribution in [1.82, 2.24) is 4.72 Å². The summed E-state index contributed by atoms with van der Waals surface area (Å²) < 4.78 is 59.1. The maximum atomic E-state index is 11.9. The van der Waals surface area contributed by atoms with E-state index in [2.05, 4.69) is 9.13 Å². The maximum Gasteiger partial charge on any atom is 0.375 e. The van der Waals surface area contributed by atoms with Gasteiger partial charge in [-0.05, 0) is 56.3 Å². The number of ether oxygens (including phenoxy) is 6. The average Bonchev–Trinajstić information content (AvgIpc) is 2.99. The van der Waals surface area contributed by atoms with Gasteiger partial charge in [-0.3, -0.25) is 14.3 Å². The molecule has 0 spiro atoms. The Bertz CT molecular complexity index is 1530. The molecule has 1 heterocycles. The molecule has 0 bridgehead atoms. The lowest BCUT2D eigenvalue weighted by Crippen LogP contribution is -2.32. The Balaban J connectivity index is 0.000000304. The molecule has 0 amide bonds. The third-order valence-electron chi connectivity index (χ3n) is 5.44. The van der Waals surface area contributed by atoms with Gasteiger partial charge in [0.1, 0.15) is 5.70 Å². The maximum absolute atomic E-state index is 11.9. The van der Waals surface area contributed by atoms with Crippen LogP contribution in [0.1, 0.15) is 36.2 Å². The lowest BCUT2D eigenvalue weighted by molar-refractivity contribution is -0.153. The molecule has 0 radical (unpaired) electrons. The van der Waals surface area contributed by atoms with Crippen molar-refractivity contribution in [2.45, 2.75) is 20.3 Å². The third kappa shape index (κ3) is 9.56. The number of nitrogens with one attached hydrogen (secondary N) is 1. The standard InChI is InChI=1S/C14H16N2O6S.C14H16O6/c1-4-22-14(17)11-8-10(15-23(18,19)16-11)9-5-6-12(20-2)13(7-9)21-3;1-4-20-14(17)11(16)8-10(15)9-5-6-12(18-2)13(7-9)19-3/h5-8,16H,4H2,1-3H3;5-7H,4,8H2,1-3H3. The molecule has 0 fully saturated rings. The molecule has 1 aliphatic rings. The Labute approximate surface area is 248 Å². The summed E-state index contributed by atoms with van der Waals surface area (Å²) in [6, 6.07) is 9.31. The van der Waals surface area contributed by atoms with Crippen molar-refractivity contribution in [1.29, 1.82) is 0 Å². The van der Waals surface area contributed by atoms with Gasteiger partial charge in [0, 0.05) is 11.1 Å². The molecule has 0 atom stereocenters. The summed E-state index contributed by atoms with van der Waals surface area (Å²) in [5.74, 6) is -1.37. The number of allylic oxidation sites excluding steroid dienone is 1. The van der Waals surface area contributed by atoms with Crippen LogP contribution in [0, 0.1) is 0 Å². The molecular formula is C28H32N2O12S. The number of ketones is 2. The van der Waals surface area contributed by atoms with Gasteiger partial charge in [-0.1, -0.05) is 0 Å². The molecule has 0 saturated heterocycles. The van der Waals surface area contributed by atoms with Crippen LogP contribution in [0.3, 0.4) is 0 Å². The number of hydrogen-bond acceptors (Lipinski definition) is 12. The zero-order valence-electron chi connectivity index (χ0n) is 24.4. The zero-order valence-corrected chi connectivity index (χ0v) is 25.2. The second kappa shape index (κ2) is 15.9. The van der Waals surface area contributed by atoms with Crippen LogP contribution in [0.2, 0.25) is 0 Å². The van der Waals surface area contributed by atoms with Crippen molar-refractivity contribution in [3.8, 4) is 23.0 Å². The van der Waals surface area contributed by atoms with E-state index in [0.717, 1.165) is 0 Å². The molecule has 0 aromatic heterocycles. The average molecular weight is 621 g/mol. The van der Waals surface area contributed by atoms with E-state index in [0.29, 0.717) is 28.6 Å². The van der Waals surface area contributed by atoms with E-state index in [-0.39, 0.29) is 30.2 Å². The molecule has 1 N–H and O–H groups in total. The Morgan fingerprint density at radius 1 is 0.767 bits per heavy atom. The third-order valence-corrected chi connectivity index (χ3v) is 6.36. The molecule has 3 rings (SSSR count). The number of methoxy groups -OCH3 is 4. The summed E-state index contributed by atoms with van der Waals surface area (Å²) in [5, 5.41) is 0. The van der Waals surface area contributed by atoms with Gasteiger partial charge in [-0.2, -0.15) is 8.42 Å². The molecule has 0 aliphatic carbocycles. The summed E-state index contributed by atoms with van der Waals surface area (Å²) in [6.45, 7) is 3.43. The van der Waals surface area contributed by atoms with Crippen LogP contribution in [0.25, 0.3) is 0 Å². The fourth-order valence-corrected chi connectivity index (χ4v) is 4.35. The number of benzene rings is 2. The Hall–Kier alpha value is -4.92. The number of nitrogens with zero attached hydrogens (tertiary/aromatic N) is 1. The molecule has 1 aliphatic heterocycles. The first-order chi connectivity index (χ1) is 20.4. The van der Waals surface area contributed by atoms with Gasteiger partial charge in [0.15, 0.2) is 28.8 Å². The number of carbonyl (C=O) groups excluding carboxylic acids is 4. The second-order valence-electron chi connectivity index (χ2n) is 8.22. The predicted octanol–water partition coefficient (Wildman–Crippen LogP) is 2.20. The van der Waals surface area contributed by atoms with Crippen LogP contribution in [0.15, 0.2) is 52.6 Å². The van der Waals surface area contributed by atoms with Gasteiger partial charge >= 0.3 is 22.1 Å². The number of carbonyl (C=O) groups is 4. The second-order valence-corrected chi connectivity index (χ2v) is 9.55. The number of esters is 2. The number of hydrogen-bond donors (Lipinski definition) is 1. The highest BCUT2D eigenvalue weighted by atomic mass is 32.2. The van der Waals surface area contributed by atoms with Crippen molar-refractivity contribution in [2.75, 3.05) is 41.7 Å². The van der Waals surface area contributed by atoms with Crippen molar-refractivity contribution in [3.05, 3.63) is 59.3 Å². The predicted molar refractivity (Wildman–Crippen MR) is 153 cm³/mol. The summed E-state index contributed by atoms with van der Waals surface area (Å²) in [5.41, 5.74) is 0.606. The van der Waals surface area contributed by atoms with E-state index in [9.17, 15) is 27.6 Å². The molecule has 2 aromatic carbocycles. The quantitative estimate of drug-likeness (QED) is 0.158. The largest absolute Gasteiger partial charge is 0.493 e. The van der Waals surface area contributed by atoms with E-state index < -0.39 is 40.1 Å². The van der Waals surface area contributed by atoms with Gasteiger partial charge in [0.05, 0.1) is 53.8 Å². The highest BCUT2D eigenvalue weighted by Crippen LogP contribution is 2.29. The van der Waals surface area contributed by atoms with Crippen LogP contribution in [0.5, 0.6) is 23.0 Å². The summed E-state index contributed by atoms with van der Waals surface area (Å²) in [6.07, 6.45) is 0.772. The molecule has 232 valence electrons. The monoisotopic (exact) mass is 620 g/mol. The first kappa shape index (κ1) is 34.3. The Morgan fingerprint density at radius 2 is 1.33 bits per heavy atom. The van der Waals surface area contributed by atoms with Gasteiger partial charge in [0.2, 0.25) is 5.78 Å². The Kier molecular flexibility index (Phi) is 12.7. The lowest BCUT2D eigenvalue weighted by Gasteiger charge is -2.15. The molecule has 15 heteroatoms. The minimum absolute atomic E-state index is 0.0905. The van der Waals surface area contributed by atoms with Crippen LogP contribution in [0.4, 0.5) is 0 Å². The van der Waals surface area contributed by atoms with Gasteiger partial charge in [-0.15, -0.1) is 4.40 Å². The Morgan fingerprint density at radius 3 is 1.88 bits per heavy atom. The van der Waals surface area contributed by atoms with E-state index in [1.165, 1.54) is 46.6 Å². The van der Waals surface area contributed by atoms with Crippen molar-refractivity contribution in [3.63, 3.8) is 0 Å². The topological polar surface area (TPSA) is 182 Å². The molecule has 14 nitrogen and oxygen atoms in total. The molecule has 2 aromatic rings. The lowest BCUT2D eigenvalue weighted by atomic mass is 10.1. The van der Waals surface area contributed by atoms with Crippen LogP contribution in [-0.2, 0) is 34.1 Å². The van der Waals surface area contributed by atoms with Gasteiger partial charge in [0.25, 0.3) is 0 Å². The van der Waals surface area contributed by atoms with E-state index >= 15 is 0 Å². The summed E-state index contributed by atoms with van der Waals surface area (Å²) >= 11 is 0. The smallest absolute Gasteiger partial charge is 0.375 e. The van der Waals surface area contributed by atoms with E-state index in [1.54, 1.807) is 38.1 Å². The van der Waals surface area contributed by atoms with E-state index in [4.69, 9.17) is 23.7 Å². The fourth-order valence-electron chi connectivity index (χ4n) is 3.47. The highest BCUT2D eigenvalue weighted by molar-refractivity contribution is 7.88. The summed E-state index contributed by atoms with van der Waals surface area (Å²) in [4.78, 5) is 46.3. The van der Waals surface area contributed by atoms with Crippen molar-refractivity contribution in [2.24, 2.45) is 4.40 Å². The molecule has 0 unspecified atom stereocenters. The zero-order chi connectivity index (χ0) is 32.2. The number of Topliss-reactive ketones (excluding diaryl/α,β-unsaturated/α-hetero) is 2. The summed E-state index contributed by atoms with van der Waals surface area (Å²) in [7, 11) is 1.83. The van der Waals surface area contributed by atoms with Crippen LogP contribution >= 0.6 is 0 Å². The SMILES string of the molecule is CCOC(=O)C(=O)CC(=O)c1ccc(OC)c(OC)c1.CCOC(=O)C1=CC(c2ccc(OC)c(OC)c2)=NS(=O)(=O)N1. The number of rotatable bonds is 12. The molecule has 43 heavy (non-hydrogen) atoms. The van der Waals surface area contributed by atoms with Crippen molar-refractivity contribution < 1.29 is 56.0 Å². The van der Waals surface area contributed by atoms with Gasteiger partial charge in [-0.25, -0.2) is 9.59 Å².